The van der Waals surface area contributed by atoms with Crippen LogP contribution in [0.25, 0.3) is 0 Å². The van der Waals surface area contributed by atoms with Gasteiger partial charge in [0.2, 0.25) is 0 Å². The number of hydrogen-bond acceptors (Lipinski definition) is 3. The minimum Gasteiger partial charge on any atom is -0.381 e. The zero-order valence-corrected chi connectivity index (χ0v) is 9.89. The molecule has 2 aromatic rings. The van der Waals surface area contributed by atoms with E-state index in [4.69, 9.17) is 4.74 Å². The van der Waals surface area contributed by atoms with Crippen LogP contribution in [0.2, 0.25) is 0 Å². The van der Waals surface area contributed by atoms with Crippen molar-refractivity contribution in [1.29, 1.82) is 0 Å². The molecule has 0 amide bonds. The lowest BCUT2D eigenvalue weighted by molar-refractivity contribution is 0.185. The molecular formula is C14H16N2O. The van der Waals surface area contributed by atoms with Gasteiger partial charge in [-0.05, 0) is 35.4 Å². The predicted octanol–water partition coefficient (Wildman–Crippen LogP) is 2.84. The molecule has 0 fully saturated rings. The predicted molar refractivity (Wildman–Crippen MR) is 68.7 cm³/mol. The maximum absolute atomic E-state index is 5.07. The Morgan fingerprint density at radius 3 is 2.35 bits per heavy atom. The molecule has 1 aromatic carbocycles. The molecule has 0 aliphatic rings. The molecule has 1 aromatic heterocycles. The standard InChI is InChI=1S/C14H16N2O/c1-17-11-13-2-4-14(5-3-13)16-10-12-6-8-15-9-7-12/h2-9,16H,10-11H2,1H3. The molecule has 0 spiro atoms. The van der Waals surface area contributed by atoms with Crippen molar-refractivity contribution in [2.24, 2.45) is 0 Å². The first-order valence-electron chi connectivity index (χ1n) is 5.59. The van der Waals surface area contributed by atoms with Gasteiger partial charge in [-0.15, -0.1) is 0 Å². The lowest BCUT2D eigenvalue weighted by Gasteiger charge is -2.07. The Morgan fingerprint density at radius 2 is 1.71 bits per heavy atom. The van der Waals surface area contributed by atoms with E-state index in [1.54, 1.807) is 19.5 Å². The van der Waals surface area contributed by atoms with Crippen LogP contribution in [-0.2, 0) is 17.9 Å². The topological polar surface area (TPSA) is 34.1 Å². The number of ether oxygens (including phenoxy) is 1. The first-order chi connectivity index (χ1) is 8.38. The maximum atomic E-state index is 5.07. The summed E-state index contributed by atoms with van der Waals surface area (Å²) in [5.74, 6) is 0. The van der Waals surface area contributed by atoms with E-state index in [2.05, 4.69) is 34.6 Å². The van der Waals surface area contributed by atoms with Crippen molar-refractivity contribution in [3.05, 3.63) is 59.9 Å². The summed E-state index contributed by atoms with van der Waals surface area (Å²) in [5, 5.41) is 3.36. The Morgan fingerprint density at radius 1 is 1.00 bits per heavy atom. The molecule has 0 bridgehead atoms. The van der Waals surface area contributed by atoms with Gasteiger partial charge in [-0.25, -0.2) is 0 Å². The van der Waals surface area contributed by atoms with Crippen molar-refractivity contribution >= 4 is 5.69 Å². The third kappa shape index (κ3) is 3.57. The number of nitrogens with zero attached hydrogens (tertiary/aromatic N) is 1. The van der Waals surface area contributed by atoms with Gasteiger partial charge in [0, 0.05) is 31.7 Å². The first-order valence-corrected chi connectivity index (χ1v) is 5.59. The Balaban J connectivity index is 1.91. The number of anilines is 1. The summed E-state index contributed by atoms with van der Waals surface area (Å²) in [4.78, 5) is 3.99. The van der Waals surface area contributed by atoms with Gasteiger partial charge >= 0.3 is 0 Å². The summed E-state index contributed by atoms with van der Waals surface area (Å²) in [7, 11) is 1.70. The van der Waals surface area contributed by atoms with E-state index in [1.807, 2.05) is 12.1 Å². The van der Waals surface area contributed by atoms with E-state index in [9.17, 15) is 0 Å². The number of rotatable bonds is 5. The van der Waals surface area contributed by atoms with Gasteiger partial charge in [-0.1, -0.05) is 12.1 Å². The summed E-state index contributed by atoms with van der Waals surface area (Å²) in [6.45, 7) is 1.47. The lowest BCUT2D eigenvalue weighted by atomic mass is 10.2. The third-order valence-electron chi connectivity index (χ3n) is 2.51. The molecule has 0 unspecified atom stereocenters. The highest BCUT2D eigenvalue weighted by Crippen LogP contribution is 2.11. The van der Waals surface area contributed by atoms with Gasteiger partial charge in [0.1, 0.15) is 0 Å². The van der Waals surface area contributed by atoms with Gasteiger partial charge < -0.3 is 10.1 Å². The SMILES string of the molecule is COCc1ccc(NCc2ccncc2)cc1. The molecule has 0 saturated carbocycles. The van der Waals surface area contributed by atoms with E-state index >= 15 is 0 Å². The van der Waals surface area contributed by atoms with Crippen molar-refractivity contribution in [1.82, 2.24) is 4.98 Å². The average Bonchev–Trinajstić information content (AvgIpc) is 2.40. The van der Waals surface area contributed by atoms with Crippen LogP contribution >= 0.6 is 0 Å². The quantitative estimate of drug-likeness (QED) is 0.854. The highest BCUT2D eigenvalue weighted by atomic mass is 16.5. The highest BCUT2D eigenvalue weighted by molar-refractivity contribution is 5.44. The molecule has 0 atom stereocenters. The van der Waals surface area contributed by atoms with E-state index in [0.717, 1.165) is 12.2 Å². The van der Waals surface area contributed by atoms with Crippen molar-refractivity contribution in [2.45, 2.75) is 13.2 Å². The minimum absolute atomic E-state index is 0.657. The zero-order valence-electron chi connectivity index (χ0n) is 9.89. The van der Waals surface area contributed by atoms with Crippen molar-refractivity contribution < 1.29 is 4.74 Å². The maximum Gasteiger partial charge on any atom is 0.0713 e. The summed E-state index contributed by atoms with van der Waals surface area (Å²) < 4.78 is 5.07. The van der Waals surface area contributed by atoms with Crippen LogP contribution in [0.5, 0.6) is 0 Å². The molecule has 3 nitrogen and oxygen atoms in total. The summed E-state index contributed by atoms with van der Waals surface area (Å²) in [6, 6.07) is 12.3. The fourth-order valence-electron chi connectivity index (χ4n) is 1.59. The number of nitrogens with one attached hydrogen (secondary N) is 1. The molecule has 88 valence electrons. The van der Waals surface area contributed by atoms with Crippen molar-refractivity contribution in [3.8, 4) is 0 Å². The molecule has 3 heteroatoms. The average molecular weight is 228 g/mol. The number of benzene rings is 1. The second kappa shape index (κ2) is 6.01. The molecule has 0 aliphatic heterocycles. The monoisotopic (exact) mass is 228 g/mol. The minimum atomic E-state index is 0.657. The Hall–Kier alpha value is -1.87. The normalized spacial score (nSPS) is 10.2. The Bertz CT molecular complexity index is 440. The van der Waals surface area contributed by atoms with Gasteiger partial charge in [0.15, 0.2) is 0 Å². The van der Waals surface area contributed by atoms with E-state index in [1.165, 1.54) is 11.1 Å². The van der Waals surface area contributed by atoms with E-state index < -0.39 is 0 Å². The highest BCUT2D eigenvalue weighted by Gasteiger charge is 1.95. The number of pyridine rings is 1. The fourth-order valence-corrected chi connectivity index (χ4v) is 1.59. The zero-order chi connectivity index (χ0) is 11.9. The van der Waals surface area contributed by atoms with E-state index in [0.29, 0.717) is 6.61 Å². The van der Waals surface area contributed by atoms with Crippen LogP contribution in [0.1, 0.15) is 11.1 Å². The molecule has 0 aliphatic carbocycles. The lowest BCUT2D eigenvalue weighted by Crippen LogP contribution is -1.99. The van der Waals surface area contributed by atoms with Crippen molar-refractivity contribution in [2.75, 3.05) is 12.4 Å². The third-order valence-corrected chi connectivity index (χ3v) is 2.51. The smallest absolute Gasteiger partial charge is 0.0713 e. The molecule has 0 radical (unpaired) electrons. The van der Waals surface area contributed by atoms with Crippen LogP contribution < -0.4 is 5.32 Å². The first kappa shape index (κ1) is 11.6. The molecule has 1 heterocycles. The summed E-state index contributed by atoms with van der Waals surface area (Å²) in [5.41, 5.74) is 3.52. The van der Waals surface area contributed by atoms with Crippen LogP contribution in [0.3, 0.4) is 0 Å². The second-order valence-corrected chi connectivity index (χ2v) is 3.84. The largest absolute Gasteiger partial charge is 0.381 e. The van der Waals surface area contributed by atoms with Gasteiger partial charge in [-0.3, -0.25) is 4.98 Å². The number of aromatic nitrogens is 1. The number of hydrogen-bond donors (Lipinski definition) is 1. The Kier molecular flexibility index (Phi) is 4.11. The van der Waals surface area contributed by atoms with Crippen LogP contribution in [-0.4, -0.2) is 12.1 Å². The van der Waals surface area contributed by atoms with Gasteiger partial charge in [0.05, 0.1) is 6.61 Å². The fraction of sp³-hybridized carbons (Fsp3) is 0.214. The molecular weight excluding hydrogens is 212 g/mol. The second-order valence-electron chi connectivity index (χ2n) is 3.84. The van der Waals surface area contributed by atoms with Crippen molar-refractivity contribution in [3.63, 3.8) is 0 Å². The number of methoxy groups -OCH3 is 1. The Labute approximate surface area is 101 Å². The summed E-state index contributed by atoms with van der Waals surface area (Å²) in [6.07, 6.45) is 3.61. The molecule has 17 heavy (non-hydrogen) atoms. The molecule has 0 saturated heterocycles. The molecule has 1 N–H and O–H groups in total. The van der Waals surface area contributed by atoms with Crippen LogP contribution in [0.15, 0.2) is 48.8 Å². The molecule has 2 rings (SSSR count). The summed E-state index contributed by atoms with van der Waals surface area (Å²) >= 11 is 0. The van der Waals surface area contributed by atoms with Gasteiger partial charge in [-0.2, -0.15) is 0 Å². The van der Waals surface area contributed by atoms with Gasteiger partial charge in [0.25, 0.3) is 0 Å². The van der Waals surface area contributed by atoms with E-state index in [-0.39, 0.29) is 0 Å². The van der Waals surface area contributed by atoms with Crippen LogP contribution in [0, 0.1) is 0 Å². The van der Waals surface area contributed by atoms with Crippen LogP contribution in [0.4, 0.5) is 5.69 Å².